The highest BCUT2D eigenvalue weighted by Gasteiger charge is 2.55. The zero-order valence-electron chi connectivity index (χ0n) is 8.48. The minimum atomic E-state index is -0.399. The van der Waals surface area contributed by atoms with E-state index in [9.17, 15) is 5.11 Å². The molecule has 14 heavy (non-hydrogen) atoms. The van der Waals surface area contributed by atoms with Crippen LogP contribution < -0.4 is 5.73 Å². The highest BCUT2D eigenvalue weighted by Crippen LogP contribution is 2.59. The largest absolute Gasteiger partial charge is 0.388 e. The minimum Gasteiger partial charge on any atom is -0.388 e. The van der Waals surface area contributed by atoms with Crippen molar-refractivity contribution >= 4 is 0 Å². The molecule has 3 N–H and O–H groups in total. The molecule has 1 saturated carbocycles. The predicted octanol–water partition coefficient (Wildman–Crippen LogP) is 1.70. The number of rotatable bonds is 3. The molecule has 3 unspecified atom stereocenters. The van der Waals surface area contributed by atoms with Gasteiger partial charge in [-0.25, -0.2) is 0 Å². The molecule has 0 amide bonds. The fourth-order valence-corrected chi connectivity index (χ4v) is 2.26. The zero-order valence-corrected chi connectivity index (χ0v) is 8.48. The number of aliphatic hydroxyl groups excluding tert-OH is 1. The standard InChI is InChI=1S/C12H17NO/c1-9-7-12(9,8-13)11(14)10-5-3-2-4-6-10/h2-6,9,11,14H,7-8,13H2,1H3. The topological polar surface area (TPSA) is 46.2 Å². The van der Waals surface area contributed by atoms with E-state index < -0.39 is 6.10 Å². The monoisotopic (exact) mass is 191 g/mol. The van der Waals surface area contributed by atoms with E-state index in [4.69, 9.17) is 5.73 Å². The van der Waals surface area contributed by atoms with Crippen molar-refractivity contribution in [3.05, 3.63) is 35.9 Å². The van der Waals surface area contributed by atoms with Crippen molar-refractivity contribution in [1.82, 2.24) is 0 Å². The summed E-state index contributed by atoms with van der Waals surface area (Å²) in [7, 11) is 0. The summed E-state index contributed by atoms with van der Waals surface area (Å²) in [5.41, 5.74) is 6.67. The Bertz CT molecular complexity index is 307. The number of hydrogen-bond acceptors (Lipinski definition) is 2. The molecule has 1 aromatic rings. The number of hydrogen-bond donors (Lipinski definition) is 2. The molecule has 1 aromatic carbocycles. The molecule has 1 aliphatic rings. The molecule has 0 heterocycles. The van der Waals surface area contributed by atoms with Crippen LogP contribution >= 0.6 is 0 Å². The molecule has 2 nitrogen and oxygen atoms in total. The molecule has 2 rings (SSSR count). The Hall–Kier alpha value is -0.860. The van der Waals surface area contributed by atoms with Gasteiger partial charge in [0.1, 0.15) is 0 Å². The van der Waals surface area contributed by atoms with E-state index >= 15 is 0 Å². The lowest BCUT2D eigenvalue weighted by Gasteiger charge is -2.22. The highest BCUT2D eigenvalue weighted by molar-refractivity contribution is 5.23. The second-order valence-corrected chi connectivity index (χ2v) is 4.36. The van der Waals surface area contributed by atoms with Crippen molar-refractivity contribution in [1.29, 1.82) is 0 Å². The van der Waals surface area contributed by atoms with Gasteiger partial charge in [0.15, 0.2) is 0 Å². The predicted molar refractivity (Wildman–Crippen MR) is 56.7 cm³/mol. The van der Waals surface area contributed by atoms with Gasteiger partial charge in [0, 0.05) is 12.0 Å². The fraction of sp³-hybridized carbons (Fsp3) is 0.500. The van der Waals surface area contributed by atoms with E-state index in [1.807, 2.05) is 30.3 Å². The van der Waals surface area contributed by atoms with Crippen molar-refractivity contribution in [3.8, 4) is 0 Å². The first-order chi connectivity index (χ1) is 6.70. The van der Waals surface area contributed by atoms with Crippen LogP contribution in [-0.2, 0) is 0 Å². The van der Waals surface area contributed by atoms with Crippen LogP contribution in [0.2, 0.25) is 0 Å². The molecule has 1 aliphatic carbocycles. The van der Waals surface area contributed by atoms with Crippen LogP contribution in [0.15, 0.2) is 30.3 Å². The molecular formula is C12H17NO. The maximum atomic E-state index is 10.2. The smallest absolute Gasteiger partial charge is 0.0860 e. The van der Waals surface area contributed by atoms with Crippen LogP contribution in [0.4, 0.5) is 0 Å². The molecule has 1 fully saturated rings. The summed E-state index contributed by atoms with van der Waals surface area (Å²) in [5, 5.41) is 10.2. The molecule has 0 saturated heterocycles. The van der Waals surface area contributed by atoms with E-state index in [0.717, 1.165) is 12.0 Å². The Morgan fingerprint density at radius 1 is 1.50 bits per heavy atom. The first kappa shape index (κ1) is 9.69. The van der Waals surface area contributed by atoms with Crippen LogP contribution in [0.5, 0.6) is 0 Å². The summed E-state index contributed by atoms with van der Waals surface area (Å²) in [5.74, 6) is 0.544. The number of benzene rings is 1. The Morgan fingerprint density at radius 2 is 2.07 bits per heavy atom. The summed E-state index contributed by atoms with van der Waals surface area (Å²) in [4.78, 5) is 0. The molecule has 0 bridgehead atoms. The average molecular weight is 191 g/mol. The Morgan fingerprint density at radius 3 is 2.50 bits per heavy atom. The van der Waals surface area contributed by atoms with Crippen molar-refractivity contribution in [2.24, 2.45) is 17.1 Å². The first-order valence-electron chi connectivity index (χ1n) is 5.14. The van der Waals surface area contributed by atoms with Crippen LogP contribution in [0.1, 0.15) is 25.0 Å². The number of aliphatic hydroxyl groups is 1. The molecular weight excluding hydrogens is 174 g/mol. The maximum absolute atomic E-state index is 10.2. The van der Waals surface area contributed by atoms with Crippen LogP contribution in [0, 0.1) is 11.3 Å². The van der Waals surface area contributed by atoms with Gasteiger partial charge in [0.25, 0.3) is 0 Å². The van der Waals surface area contributed by atoms with E-state index in [1.54, 1.807) is 0 Å². The van der Waals surface area contributed by atoms with Gasteiger partial charge in [-0.05, 0) is 17.9 Å². The van der Waals surface area contributed by atoms with Gasteiger partial charge in [0.2, 0.25) is 0 Å². The summed E-state index contributed by atoms with van der Waals surface area (Å²) in [6, 6.07) is 9.80. The van der Waals surface area contributed by atoms with Crippen LogP contribution in [0.3, 0.4) is 0 Å². The van der Waals surface area contributed by atoms with Gasteiger partial charge in [-0.2, -0.15) is 0 Å². The second-order valence-electron chi connectivity index (χ2n) is 4.36. The van der Waals surface area contributed by atoms with Crippen molar-refractivity contribution in [3.63, 3.8) is 0 Å². The van der Waals surface area contributed by atoms with E-state index in [2.05, 4.69) is 6.92 Å². The lowest BCUT2D eigenvalue weighted by Crippen LogP contribution is -2.25. The minimum absolute atomic E-state index is 0.0542. The lowest BCUT2D eigenvalue weighted by atomic mass is 9.91. The maximum Gasteiger partial charge on any atom is 0.0860 e. The number of nitrogens with two attached hydrogens (primary N) is 1. The highest BCUT2D eigenvalue weighted by atomic mass is 16.3. The summed E-state index contributed by atoms with van der Waals surface area (Å²) in [6.45, 7) is 2.73. The lowest BCUT2D eigenvalue weighted by molar-refractivity contribution is 0.0889. The molecule has 0 aromatic heterocycles. The zero-order chi connectivity index (χ0) is 10.2. The molecule has 0 aliphatic heterocycles. The van der Waals surface area contributed by atoms with Gasteiger partial charge in [-0.3, -0.25) is 0 Å². The summed E-state index contributed by atoms with van der Waals surface area (Å²) < 4.78 is 0. The van der Waals surface area contributed by atoms with Crippen LogP contribution in [0.25, 0.3) is 0 Å². The SMILES string of the molecule is CC1CC1(CN)C(O)c1ccccc1. The molecule has 3 atom stereocenters. The quantitative estimate of drug-likeness (QED) is 0.764. The van der Waals surface area contributed by atoms with Gasteiger partial charge in [0.05, 0.1) is 6.10 Å². The molecule has 0 spiro atoms. The summed E-state index contributed by atoms with van der Waals surface area (Å²) in [6.07, 6.45) is 0.642. The van der Waals surface area contributed by atoms with Gasteiger partial charge < -0.3 is 10.8 Å². The third-order valence-electron chi connectivity index (χ3n) is 3.55. The van der Waals surface area contributed by atoms with Crippen molar-refractivity contribution < 1.29 is 5.11 Å². The Kier molecular flexibility index (Phi) is 2.33. The third-order valence-corrected chi connectivity index (χ3v) is 3.55. The molecule has 76 valence electrons. The molecule has 2 heteroatoms. The van der Waals surface area contributed by atoms with Crippen LogP contribution in [-0.4, -0.2) is 11.7 Å². The molecule has 0 radical (unpaired) electrons. The van der Waals surface area contributed by atoms with Gasteiger partial charge >= 0.3 is 0 Å². The fourth-order valence-electron chi connectivity index (χ4n) is 2.26. The van der Waals surface area contributed by atoms with E-state index in [1.165, 1.54) is 0 Å². The Balaban J connectivity index is 2.21. The van der Waals surface area contributed by atoms with Gasteiger partial charge in [-0.15, -0.1) is 0 Å². The average Bonchev–Trinajstić information content (AvgIpc) is 2.91. The van der Waals surface area contributed by atoms with Gasteiger partial charge in [-0.1, -0.05) is 37.3 Å². The normalized spacial score (nSPS) is 32.6. The van der Waals surface area contributed by atoms with E-state index in [0.29, 0.717) is 12.5 Å². The van der Waals surface area contributed by atoms with E-state index in [-0.39, 0.29) is 5.41 Å². The Labute approximate surface area is 84.7 Å². The third kappa shape index (κ3) is 1.35. The second kappa shape index (κ2) is 3.37. The first-order valence-corrected chi connectivity index (χ1v) is 5.14. The summed E-state index contributed by atoms with van der Waals surface area (Å²) >= 11 is 0. The van der Waals surface area contributed by atoms with Crippen molar-refractivity contribution in [2.75, 3.05) is 6.54 Å². The van der Waals surface area contributed by atoms with Crippen molar-refractivity contribution in [2.45, 2.75) is 19.4 Å².